The number of rotatable bonds is 29. The molecule has 1 fully saturated rings. The molecule has 5 rings (SSSR count). The van der Waals surface area contributed by atoms with Crippen LogP contribution in [-0.2, 0) is 22.4 Å². The number of carbonyl (C=O) groups is 2. The van der Waals surface area contributed by atoms with Gasteiger partial charge in [-0.15, -0.1) is 0 Å². The lowest BCUT2D eigenvalue weighted by molar-refractivity contribution is -0.137. The van der Waals surface area contributed by atoms with Gasteiger partial charge in [0.15, 0.2) is 0 Å². The molecule has 4 aromatic carbocycles. The van der Waals surface area contributed by atoms with Crippen molar-refractivity contribution in [3.8, 4) is 23.0 Å². The molecule has 1 saturated carbocycles. The van der Waals surface area contributed by atoms with Gasteiger partial charge in [-0.2, -0.15) is 0 Å². The molecule has 7 nitrogen and oxygen atoms in total. The highest BCUT2D eigenvalue weighted by Crippen LogP contribution is 2.29. The zero-order valence-corrected chi connectivity index (χ0v) is 39.9. The summed E-state index contributed by atoms with van der Waals surface area (Å²) in [6.45, 7) is 23.4. The Balaban J connectivity index is 0.00000174. The second kappa shape index (κ2) is 32.8. The first-order valence-electron chi connectivity index (χ1n) is 24.2. The number of esters is 2. The Labute approximate surface area is 391 Å². The minimum absolute atomic E-state index is 0.374. The van der Waals surface area contributed by atoms with Gasteiger partial charge in [-0.05, 0) is 142 Å². The zero-order valence-electron chi connectivity index (χ0n) is 39.9. The van der Waals surface area contributed by atoms with E-state index < -0.39 is 5.97 Å². The van der Waals surface area contributed by atoms with E-state index in [4.69, 9.17) is 23.7 Å². The van der Waals surface area contributed by atoms with Crippen LogP contribution in [0.2, 0.25) is 0 Å². The molecule has 0 radical (unpaired) electrons. The first-order valence-corrected chi connectivity index (χ1v) is 24.2. The van der Waals surface area contributed by atoms with Gasteiger partial charge >= 0.3 is 11.9 Å². The van der Waals surface area contributed by atoms with Crippen LogP contribution in [0.5, 0.6) is 23.0 Å². The summed E-state index contributed by atoms with van der Waals surface area (Å²) < 4.78 is 28.5. The maximum atomic E-state index is 12.8. The summed E-state index contributed by atoms with van der Waals surface area (Å²) in [6.07, 6.45) is 25.6. The molecular weight excluding hydrogens is 809 g/mol. The third-order valence-corrected chi connectivity index (χ3v) is 11.0. The normalized spacial score (nSPS) is 11.2. The molecule has 0 aliphatic heterocycles. The van der Waals surface area contributed by atoms with Crippen molar-refractivity contribution in [2.75, 3.05) is 19.8 Å². The van der Waals surface area contributed by atoms with E-state index in [9.17, 15) is 9.59 Å². The SMILES string of the molecule is C1CCC1.C=CC(=O)OCCCCCCOc1ccc(C(=C)Oc2ccc(CCCCCCCCc3ccc(OC(=O)c4ccc(OCCCC)cc4)c(C=C)c3)cc2C=C)cc1.CC. The van der Waals surface area contributed by atoms with Crippen LogP contribution in [-0.4, -0.2) is 31.8 Å². The van der Waals surface area contributed by atoms with E-state index in [2.05, 4.69) is 51.4 Å². The zero-order chi connectivity index (χ0) is 46.9. The molecule has 4 aromatic rings. The third kappa shape index (κ3) is 21.1. The molecule has 0 aromatic heterocycles. The quantitative estimate of drug-likeness (QED) is 0.0177. The Morgan fingerprint density at radius 3 is 1.46 bits per heavy atom. The van der Waals surface area contributed by atoms with Gasteiger partial charge in [0.2, 0.25) is 0 Å². The van der Waals surface area contributed by atoms with Crippen molar-refractivity contribution < 1.29 is 33.3 Å². The second-order valence-corrected chi connectivity index (χ2v) is 16.0. The molecule has 0 atom stereocenters. The molecule has 65 heavy (non-hydrogen) atoms. The monoisotopic (exact) mass is 885 g/mol. The summed E-state index contributed by atoms with van der Waals surface area (Å²) >= 11 is 0. The highest BCUT2D eigenvalue weighted by atomic mass is 16.5. The summed E-state index contributed by atoms with van der Waals surface area (Å²) in [5, 5.41) is 0. The van der Waals surface area contributed by atoms with E-state index in [1.165, 1.54) is 68.6 Å². The van der Waals surface area contributed by atoms with E-state index in [1.54, 1.807) is 30.3 Å². The Hall–Kier alpha value is -5.82. The largest absolute Gasteiger partial charge is 0.494 e. The summed E-state index contributed by atoms with van der Waals surface area (Å²) in [4.78, 5) is 23.9. The van der Waals surface area contributed by atoms with Crippen LogP contribution in [0.4, 0.5) is 0 Å². The number of aryl methyl sites for hydroxylation is 2. The number of carbonyl (C=O) groups excluding carboxylic acids is 2. The predicted octanol–water partition coefficient (Wildman–Crippen LogP) is 15.8. The van der Waals surface area contributed by atoms with Crippen molar-refractivity contribution in [3.63, 3.8) is 0 Å². The molecule has 350 valence electrons. The first kappa shape index (κ1) is 53.5. The minimum Gasteiger partial charge on any atom is -0.494 e. The third-order valence-electron chi connectivity index (χ3n) is 11.0. The molecule has 0 bridgehead atoms. The van der Waals surface area contributed by atoms with Crippen LogP contribution in [0.25, 0.3) is 17.9 Å². The van der Waals surface area contributed by atoms with Gasteiger partial charge < -0.3 is 23.7 Å². The molecular formula is C58H76O7. The van der Waals surface area contributed by atoms with E-state index >= 15 is 0 Å². The highest BCUT2D eigenvalue weighted by molar-refractivity contribution is 5.91. The van der Waals surface area contributed by atoms with E-state index in [1.807, 2.05) is 62.4 Å². The van der Waals surface area contributed by atoms with Gasteiger partial charge in [0.1, 0.15) is 28.8 Å². The molecule has 0 amide bonds. The summed E-state index contributed by atoms with van der Waals surface area (Å²) in [7, 11) is 0. The van der Waals surface area contributed by atoms with Crippen LogP contribution >= 0.6 is 0 Å². The number of hydrogen-bond donors (Lipinski definition) is 0. The lowest BCUT2D eigenvalue weighted by atomic mass is 10.0. The van der Waals surface area contributed by atoms with Crippen LogP contribution in [0.1, 0.15) is 162 Å². The molecule has 0 unspecified atom stereocenters. The van der Waals surface area contributed by atoms with Crippen LogP contribution in [0, 0.1) is 0 Å². The van der Waals surface area contributed by atoms with E-state index in [0.717, 1.165) is 98.1 Å². The average Bonchev–Trinajstić information content (AvgIpc) is 3.31. The Kier molecular flexibility index (Phi) is 27.0. The first-order chi connectivity index (χ1) is 31.8. The van der Waals surface area contributed by atoms with Gasteiger partial charge in [0.25, 0.3) is 0 Å². The molecule has 0 spiro atoms. The average molecular weight is 885 g/mol. The van der Waals surface area contributed by atoms with Crippen LogP contribution in [0.15, 0.2) is 117 Å². The van der Waals surface area contributed by atoms with Crippen LogP contribution < -0.4 is 18.9 Å². The predicted molar refractivity (Wildman–Crippen MR) is 271 cm³/mol. The maximum absolute atomic E-state index is 12.8. The summed E-state index contributed by atoms with van der Waals surface area (Å²) in [6, 6.07) is 27.1. The van der Waals surface area contributed by atoms with Gasteiger partial charge in [-0.25, -0.2) is 9.59 Å². The minimum atomic E-state index is -0.399. The Morgan fingerprint density at radius 2 is 0.985 bits per heavy atom. The number of hydrogen-bond acceptors (Lipinski definition) is 7. The Bertz CT molecular complexity index is 2000. The molecule has 0 heterocycles. The smallest absolute Gasteiger partial charge is 0.343 e. The van der Waals surface area contributed by atoms with E-state index in [0.29, 0.717) is 36.9 Å². The number of unbranched alkanes of at least 4 members (excludes halogenated alkanes) is 9. The van der Waals surface area contributed by atoms with Crippen molar-refractivity contribution in [1.82, 2.24) is 0 Å². The molecule has 7 heteroatoms. The van der Waals surface area contributed by atoms with Crippen molar-refractivity contribution in [3.05, 3.63) is 151 Å². The van der Waals surface area contributed by atoms with Gasteiger partial charge in [-0.1, -0.05) is 129 Å². The lowest BCUT2D eigenvalue weighted by Crippen LogP contribution is -2.09. The molecule has 1 aliphatic rings. The van der Waals surface area contributed by atoms with E-state index in [-0.39, 0.29) is 5.97 Å². The van der Waals surface area contributed by atoms with Crippen molar-refractivity contribution >= 4 is 29.8 Å². The van der Waals surface area contributed by atoms with Crippen LogP contribution in [0.3, 0.4) is 0 Å². The number of benzene rings is 4. The molecule has 0 saturated heterocycles. The fourth-order valence-corrected chi connectivity index (χ4v) is 6.72. The molecule has 0 N–H and O–H groups in total. The fourth-order valence-electron chi connectivity index (χ4n) is 6.72. The van der Waals surface area contributed by atoms with Crippen molar-refractivity contribution in [1.29, 1.82) is 0 Å². The van der Waals surface area contributed by atoms with Crippen molar-refractivity contribution in [2.45, 2.75) is 136 Å². The summed E-state index contributed by atoms with van der Waals surface area (Å²) in [5.74, 6) is 2.59. The number of ether oxygens (including phenoxy) is 5. The highest BCUT2D eigenvalue weighted by Gasteiger charge is 2.13. The van der Waals surface area contributed by atoms with Gasteiger partial charge in [0.05, 0.1) is 25.4 Å². The van der Waals surface area contributed by atoms with Crippen molar-refractivity contribution in [2.24, 2.45) is 0 Å². The fraction of sp³-hybridized carbons (Fsp3) is 0.414. The summed E-state index contributed by atoms with van der Waals surface area (Å²) in [5.41, 5.74) is 5.62. The maximum Gasteiger partial charge on any atom is 0.343 e. The van der Waals surface area contributed by atoms with Gasteiger partial charge in [-0.3, -0.25) is 0 Å². The Morgan fingerprint density at radius 1 is 0.538 bits per heavy atom. The van der Waals surface area contributed by atoms with Gasteiger partial charge in [0, 0.05) is 22.8 Å². The molecule has 1 aliphatic carbocycles. The lowest BCUT2D eigenvalue weighted by Gasteiger charge is -2.14. The topological polar surface area (TPSA) is 80.3 Å². The second-order valence-electron chi connectivity index (χ2n) is 16.0. The standard InChI is InChI=1S/C52H62O7.C4H8.C2H6/c1-6-10-35-55-48-31-27-46(28-32-48)52(54)59-50-34-24-42(39-44(50)8-3)22-18-14-12-11-13-17-21-41-23-33-49(43(7-2)38-41)58-40(5)45-25-29-47(30-26-45)56-36-19-15-16-20-37-57-51(53)9-4;1-2-4-3-1;1-2/h7-9,23-34,38-39H,2-6,10-22,35-37H2,1H3;1-4H2;1-2H3.